The molecule has 0 saturated carbocycles. The predicted octanol–water partition coefficient (Wildman–Crippen LogP) is 3.72. The van der Waals surface area contributed by atoms with E-state index in [-0.39, 0.29) is 0 Å². The smallest absolute Gasteiger partial charge is 0.0507 e. The van der Waals surface area contributed by atoms with Crippen molar-refractivity contribution >= 4 is 33.4 Å². The van der Waals surface area contributed by atoms with Crippen LogP contribution in [0.4, 0.5) is 5.69 Å². The molecular formula is C12H11BrN2S. The van der Waals surface area contributed by atoms with Crippen LogP contribution in [0.1, 0.15) is 5.69 Å². The van der Waals surface area contributed by atoms with Gasteiger partial charge in [-0.05, 0) is 52.3 Å². The van der Waals surface area contributed by atoms with Crippen molar-refractivity contribution in [2.24, 2.45) is 0 Å². The summed E-state index contributed by atoms with van der Waals surface area (Å²) in [7, 11) is 0. The van der Waals surface area contributed by atoms with Crippen LogP contribution in [0.5, 0.6) is 0 Å². The molecule has 1 heterocycles. The van der Waals surface area contributed by atoms with E-state index in [1.54, 1.807) is 11.8 Å². The molecule has 4 heteroatoms. The van der Waals surface area contributed by atoms with Gasteiger partial charge in [-0.1, -0.05) is 0 Å². The van der Waals surface area contributed by atoms with Gasteiger partial charge in [-0.15, -0.1) is 11.8 Å². The van der Waals surface area contributed by atoms with Crippen LogP contribution in [0.25, 0.3) is 0 Å². The van der Waals surface area contributed by atoms with Crippen molar-refractivity contribution in [3.05, 3.63) is 52.8 Å². The SMILES string of the molecule is Nc1ccc(SCc2ccc(Br)cn2)cc1. The van der Waals surface area contributed by atoms with E-state index < -0.39 is 0 Å². The Hall–Kier alpha value is -1.00. The fourth-order valence-electron chi connectivity index (χ4n) is 1.21. The minimum Gasteiger partial charge on any atom is -0.399 e. The monoisotopic (exact) mass is 294 g/mol. The average Bonchev–Trinajstić information content (AvgIpc) is 2.30. The van der Waals surface area contributed by atoms with E-state index in [1.807, 2.05) is 42.6 Å². The van der Waals surface area contributed by atoms with Gasteiger partial charge in [-0.2, -0.15) is 0 Å². The van der Waals surface area contributed by atoms with Crippen molar-refractivity contribution in [3.8, 4) is 0 Å². The first-order chi connectivity index (χ1) is 7.74. The quantitative estimate of drug-likeness (QED) is 0.693. The molecule has 0 atom stereocenters. The number of anilines is 1. The van der Waals surface area contributed by atoms with Gasteiger partial charge in [0.05, 0.1) is 5.69 Å². The number of nitrogens with two attached hydrogens (primary N) is 1. The highest BCUT2D eigenvalue weighted by Gasteiger charge is 1.97. The Morgan fingerprint density at radius 3 is 2.50 bits per heavy atom. The normalized spacial score (nSPS) is 10.3. The van der Waals surface area contributed by atoms with Crippen LogP contribution in [0.15, 0.2) is 52.0 Å². The summed E-state index contributed by atoms with van der Waals surface area (Å²) in [5.41, 5.74) is 7.50. The second-order valence-corrected chi connectivity index (χ2v) is 5.29. The third-order valence-corrected chi connectivity index (χ3v) is 3.57. The maximum atomic E-state index is 5.62. The second kappa shape index (κ2) is 5.37. The number of hydrogen-bond acceptors (Lipinski definition) is 3. The van der Waals surface area contributed by atoms with Gasteiger partial charge in [0.15, 0.2) is 0 Å². The summed E-state index contributed by atoms with van der Waals surface area (Å²) >= 11 is 5.12. The zero-order chi connectivity index (χ0) is 11.4. The molecule has 2 nitrogen and oxygen atoms in total. The number of thioether (sulfide) groups is 1. The van der Waals surface area contributed by atoms with E-state index in [2.05, 4.69) is 20.9 Å². The van der Waals surface area contributed by atoms with Gasteiger partial charge in [0, 0.05) is 27.0 Å². The number of hydrogen-bond donors (Lipinski definition) is 1. The molecule has 2 rings (SSSR count). The standard InChI is InChI=1S/C12H11BrN2S/c13-9-1-4-11(15-7-9)8-16-12-5-2-10(14)3-6-12/h1-7H,8,14H2. The molecule has 2 aromatic rings. The molecule has 82 valence electrons. The molecule has 0 amide bonds. The van der Waals surface area contributed by atoms with Crippen molar-refractivity contribution in [2.45, 2.75) is 10.6 Å². The third-order valence-electron chi connectivity index (χ3n) is 2.06. The highest BCUT2D eigenvalue weighted by molar-refractivity contribution is 9.10. The fraction of sp³-hybridized carbons (Fsp3) is 0.0833. The van der Waals surface area contributed by atoms with Crippen molar-refractivity contribution in [2.75, 3.05) is 5.73 Å². The van der Waals surface area contributed by atoms with Gasteiger partial charge >= 0.3 is 0 Å². The van der Waals surface area contributed by atoms with Crippen molar-refractivity contribution in [1.29, 1.82) is 0 Å². The highest BCUT2D eigenvalue weighted by Crippen LogP contribution is 2.23. The molecule has 0 unspecified atom stereocenters. The lowest BCUT2D eigenvalue weighted by Gasteiger charge is -2.02. The molecule has 0 spiro atoms. The molecule has 1 aromatic carbocycles. The summed E-state index contributed by atoms with van der Waals surface area (Å²) in [6.07, 6.45) is 1.82. The molecule has 0 saturated heterocycles. The number of rotatable bonds is 3. The topological polar surface area (TPSA) is 38.9 Å². The molecule has 0 aliphatic heterocycles. The van der Waals surface area contributed by atoms with Gasteiger partial charge in [0.25, 0.3) is 0 Å². The van der Waals surface area contributed by atoms with Gasteiger partial charge in [0.1, 0.15) is 0 Å². The number of aromatic nitrogens is 1. The van der Waals surface area contributed by atoms with Gasteiger partial charge in [-0.3, -0.25) is 4.98 Å². The van der Waals surface area contributed by atoms with Crippen LogP contribution < -0.4 is 5.73 Å². The van der Waals surface area contributed by atoms with Gasteiger partial charge in [0.2, 0.25) is 0 Å². The molecule has 1 aromatic heterocycles. The lowest BCUT2D eigenvalue weighted by molar-refractivity contribution is 1.16. The molecular weight excluding hydrogens is 284 g/mol. The molecule has 0 radical (unpaired) electrons. The summed E-state index contributed by atoms with van der Waals surface area (Å²) in [6, 6.07) is 11.9. The summed E-state index contributed by atoms with van der Waals surface area (Å²) in [5.74, 6) is 0.872. The highest BCUT2D eigenvalue weighted by atomic mass is 79.9. The van der Waals surface area contributed by atoms with Crippen LogP contribution in [0, 0.1) is 0 Å². The Labute approximate surface area is 107 Å². The zero-order valence-electron chi connectivity index (χ0n) is 8.56. The number of pyridine rings is 1. The van der Waals surface area contributed by atoms with E-state index in [0.29, 0.717) is 0 Å². The van der Waals surface area contributed by atoms with E-state index in [0.717, 1.165) is 21.6 Å². The molecule has 0 aliphatic rings. The van der Waals surface area contributed by atoms with Crippen LogP contribution >= 0.6 is 27.7 Å². The van der Waals surface area contributed by atoms with Crippen molar-refractivity contribution in [3.63, 3.8) is 0 Å². The maximum Gasteiger partial charge on any atom is 0.0507 e. The minimum absolute atomic E-state index is 0.797. The lowest BCUT2D eigenvalue weighted by Crippen LogP contribution is -1.86. The first-order valence-corrected chi connectivity index (χ1v) is 6.61. The Bertz CT molecular complexity index is 408. The van der Waals surface area contributed by atoms with Gasteiger partial charge < -0.3 is 5.73 Å². The zero-order valence-corrected chi connectivity index (χ0v) is 11.0. The first-order valence-electron chi connectivity index (χ1n) is 4.83. The largest absolute Gasteiger partial charge is 0.399 e. The van der Waals surface area contributed by atoms with E-state index in [1.165, 1.54) is 4.90 Å². The van der Waals surface area contributed by atoms with Crippen molar-refractivity contribution < 1.29 is 0 Å². The number of halogens is 1. The average molecular weight is 295 g/mol. The first kappa shape index (κ1) is 11.5. The molecule has 0 bridgehead atoms. The number of benzene rings is 1. The summed E-state index contributed by atoms with van der Waals surface area (Å²) in [6.45, 7) is 0. The van der Waals surface area contributed by atoms with Crippen LogP contribution in [-0.4, -0.2) is 4.98 Å². The van der Waals surface area contributed by atoms with E-state index in [4.69, 9.17) is 5.73 Å². The maximum absolute atomic E-state index is 5.62. The lowest BCUT2D eigenvalue weighted by atomic mass is 10.3. The summed E-state index contributed by atoms with van der Waals surface area (Å²) < 4.78 is 1.01. The van der Waals surface area contributed by atoms with Gasteiger partial charge in [-0.25, -0.2) is 0 Å². The fourth-order valence-corrected chi connectivity index (χ4v) is 2.26. The Morgan fingerprint density at radius 1 is 1.12 bits per heavy atom. The Kier molecular flexibility index (Phi) is 3.85. The Morgan fingerprint density at radius 2 is 1.88 bits per heavy atom. The van der Waals surface area contributed by atoms with Crippen molar-refractivity contribution in [1.82, 2.24) is 4.98 Å². The molecule has 16 heavy (non-hydrogen) atoms. The predicted molar refractivity (Wildman–Crippen MR) is 72.4 cm³/mol. The third kappa shape index (κ3) is 3.25. The van der Waals surface area contributed by atoms with Crippen LogP contribution in [0.3, 0.4) is 0 Å². The molecule has 0 aliphatic carbocycles. The van der Waals surface area contributed by atoms with Crippen LogP contribution in [0.2, 0.25) is 0 Å². The van der Waals surface area contributed by atoms with Crippen LogP contribution in [-0.2, 0) is 5.75 Å². The van der Waals surface area contributed by atoms with E-state index in [9.17, 15) is 0 Å². The number of nitrogen functional groups attached to an aromatic ring is 1. The molecule has 0 fully saturated rings. The second-order valence-electron chi connectivity index (χ2n) is 3.33. The molecule has 2 N–H and O–H groups in total. The Balaban J connectivity index is 1.97. The summed E-state index contributed by atoms with van der Waals surface area (Å²) in [4.78, 5) is 5.53. The van der Waals surface area contributed by atoms with E-state index >= 15 is 0 Å². The minimum atomic E-state index is 0.797. The number of nitrogens with zero attached hydrogens (tertiary/aromatic N) is 1. The summed E-state index contributed by atoms with van der Waals surface area (Å²) in [5, 5.41) is 0.